The van der Waals surface area contributed by atoms with Crippen molar-refractivity contribution < 1.29 is 19.6 Å². The van der Waals surface area contributed by atoms with Gasteiger partial charge in [0.2, 0.25) is 0 Å². The lowest BCUT2D eigenvalue weighted by atomic mass is 10.2. The highest BCUT2D eigenvalue weighted by atomic mass is 16.6. The Morgan fingerprint density at radius 2 is 2.24 bits per heavy atom. The first-order valence-electron chi connectivity index (χ1n) is 6.82. The van der Waals surface area contributed by atoms with Crippen LogP contribution in [0.4, 0.5) is 5.69 Å². The van der Waals surface area contributed by atoms with Gasteiger partial charge in [-0.3, -0.25) is 14.9 Å². The Kier molecular flexibility index (Phi) is 6.61. The summed E-state index contributed by atoms with van der Waals surface area (Å²) in [5.74, 6) is 0.00642. The number of non-ortho nitro benzene ring substituents is 1. The van der Waals surface area contributed by atoms with E-state index in [4.69, 9.17) is 4.74 Å². The highest BCUT2D eigenvalue weighted by Crippen LogP contribution is 2.25. The van der Waals surface area contributed by atoms with Crippen molar-refractivity contribution in [2.45, 2.75) is 39.4 Å². The van der Waals surface area contributed by atoms with E-state index in [1.807, 2.05) is 6.92 Å². The second kappa shape index (κ2) is 8.21. The van der Waals surface area contributed by atoms with Crippen LogP contribution in [0.5, 0.6) is 5.75 Å². The quantitative estimate of drug-likeness (QED) is 0.432. The number of carbonyl (C=O) groups is 1. The summed E-state index contributed by atoms with van der Waals surface area (Å²) < 4.78 is 5.47. The molecule has 1 aromatic rings. The molecule has 1 amide bonds. The number of ether oxygens (including phenoxy) is 1. The molecule has 1 atom stereocenters. The minimum Gasteiger partial charge on any atom is -0.481 e. The van der Waals surface area contributed by atoms with Crippen LogP contribution in [-0.2, 0) is 11.4 Å². The van der Waals surface area contributed by atoms with E-state index in [0.717, 1.165) is 12.8 Å². The lowest BCUT2D eigenvalue weighted by Gasteiger charge is -2.16. The van der Waals surface area contributed by atoms with Gasteiger partial charge in [-0.05, 0) is 19.4 Å². The maximum atomic E-state index is 11.8. The summed E-state index contributed by atoms with van der Waals surface area (Å²) in [6.07, 6.45) is 1.12. The third-order valence-corrected chi connectivity index (χ3v) is 2.93. The Bertz CT molecular complexity index is 504. The van der Waals surface area contributed by atoms with Crippen molar-refractivity contribution in [1.29, 1.82) is 0 Å². The van der Waals surface area contributed by atoms with Gasteiger partial charge in [0, 0.05) is 24.2 Å². The van der Waals surface area contributed by atoms with Gasteiger partial charge >= 0.3 is 0 Å². The molecular formula is C14H20N2O5. The molecule has 0 aliphatic heterocycles. The summed E-state index contributed by atoms with van der Waals surface area (Å²) in [5, 5.41) is 22.7. The van der Waals surface area contributed by atoms with Crippen LogP contribution in [0.25, 0.3) is 0 Å². The average molecular weight is 296 g/mol. The van der Waals surface area contributed by atoms with E-state index in [2.05, 4.69) is 5.32 Å². The second-order valence-corrected chi connectivity index (χ2v) is 4.61. The highest BCUT2D eigenvalue weighted by Gasteiger charge is 2.17. The molecular weight excluding hydrogens is 276 g/mol. The molecule has 7 heteroatoms. The van der Waals surface area contributed by atoms with Crippen LogP contribution in [0, 0.1) is 10.1 Å². The topological polar surface area (TPSA) is 102 Å². The molecule has 0 heterocycles. The average Bonchev–Trinajstić information content (AvgIpc) is 2.47. The molecule has 7 nitrogen and oxygen atoms in total. The molecule has 1 rings (SSSR count). The number of hydrogen-bond acceptors (Lipinski definition) is 5. The zero-order valence-electron chi connectivity index (χ0n) is 12.2. The molecule has 0 bridgehead atoms. The van der Waals surface area contributed by atoms with Gasteiger partial charge in [0.05, 0.1) is 11.5 Å². The number of nitrogens with one attached hydrogen (secondary N) is 1. The van der Waals surface area contributed by atoms with Crippen LogP contribution < -0.4 is 10.1 Å². The van der Waals surface area contributed by atoms with Crippen molar-refractivity contribution >= 4 is 11.6 Å². The van der Waals surface area contributed by atoms with Crippen LogP contribution in [0.15, 0.2) is 18.2 Å². The maximum absolute atomic E-state index is 11.8. The van der Waals surface area contributed by atoms with Crippen molar-refractivity contribution in [2.75, 3.05) is 6.54 Å². The molecule has 1 aromatic carbocycles. The molecule has 0 aliphatic carbocycles. The molecule has 21 heavy (non-hydrogen) atoms. The van der Waals surface area contributed by atoms with Crippen LogP contribution in [0.1, 0.15) is 32.3 Å². The molecule has 0 saturated heterocycles. The molecule has 0 spiro atoms. The van der Waals surface area contributed by atoms with Crippen LogP contribution in [0.2, 0.25) is 0 Å². The normalized spacial score (nSPS) is 11.8. The summed E-state index contributed by atoms with van der Waals surface area (Å²) in [6, 6.07) is 3.90. The molecule has 116 valence electrons. The predicted octanol–water partition coefficient (Wildman–Crippen LogP) is 1.77. The summed E-state index contributed by atoms with van der Waals surface area (Å²) >= 11 is 0. The first-order chi connectivity index (χ1) is 9.99. The second-order valence-electron chi connectivity index (χ2n) is 4.61. The van der Waals surface area contributed by atoms with Gasteiger partial charge in [0.25, 0.3) is 11.6 Å². The fourth-order valence-electron chi connectivity index (χ4n) is 1.69. The van der Waals surface area contributed by atoms with Crippen LogP contribution >= 0.6 is 0 Å². The van der Waals surface area contributed by atoms with Gasteiger partial charge < -0.3 is 15.2 Å². The Labute approximate surface area is 123 Å². The molecule has 2 N–H and O–H groups in total. The van der Waals surface area contributed by atoms with Gasteiger partial charge in [0.1, 0.15) is 5.75 Å². The summed E-state index contributed by atoms with van der Waals surface area (Å²) in [5.41, 5.74) is 0.142. The third-order valence-electron chi connectivity index (χ3n) is 2.93. The predicted molar refractivity (Wildman–Crippen MR) is 77.0 cm³/mol. The number of unbranched alkanes of at least 4 members (excludes halogenated alkanes) is 1. The molecule has 0 radical (unpaired) electrons. The lowest BCUT2D eigenvalue weighted by Crippen LogP contribution is -2.36. The number of nitrogens with zero attached hydrogens (tertiary/aromatic N) is 1. The fourth-order valence-corrected chi connectivity index (χ4v) is 1.69. The Balaban J connectivity index is 2.73. The van der Waals surface area contributed by atoms with Gasteiger partial charge in [-0.1, -0.05) is 13.3 Å². The summed E-state index contributed by atoms with van der Waals surface area (Å²) in [4.78, 5) is 21.9. The number of nitro benzene ring substituents is 1. The first-order valence-corrected chi connectivity index (χ1v) is 6.82. The van der Waals surface area contributed by atoms with E-state index >= 15 is 0 Å². The molecule has 0 aliphatic rings. The highest BCUT2D eigenvalue weighted by molar-refractivity contribution is 5.80. The van der Waals surface area contributed by atoms with E-state index in [9.17, 15) is 20.0 Å². The SMILES string of the molecule is CCCCNC(=O)C(C)Oc1ccc([N+](=O)[O-])cc1CO. The van der Waals surface area contributed by atoms with E-state index in [1.54, 1.807) is 6.92 Å². The number of nitro groups is 1. The van der Waals surface area contributed by atoms with E-state index < -0.39 is 17.6 Å². The van der Waals surface area contributed by atoms with Crippen LogP contribution in [-0.4, -0.2) is 28.6 Å². The maximum Gasteiger partial charge on any atom is 0.270 e. The molecule has 0 fully saturated rings. The van der Waals surface area contributed by atoms with Crippen molar-refractivity contribution in [3.63, 3.8) is 0 Å². The van der Waals surface area contributed by atoms with Crippen LogP contribution in [0.3, 0.4) is 0 Å². The number of hydrogen-bond donors (Lipinski definition) is 2. The number of rotatable bonds is 8. The Hall–Kier alpha value is -2.15. The largest absolute Gasteiger partial charge is 0.481 e. The van der Waals surface area contributed by atoms with Crippen molar-refractivity contribution in [3.05, 3.63) is 33.9 Å². The minimum atomic E-state index is -0.742. The number of carbonyl (C=O) groups excluding carboxylic acids is 1. The summed E-state index contributed by atoms with van der Waals surface area (Å²) in [6.45, 7) is 3.79. The fraction of sp³-hybridized carbons (Fsp3) is 0.500. The minimum absolute atomic E-state index is 0.133. The van der Waals surface area contributed by atoms with E-state index in [-0.39, 0.29) is 22.9 Å². The van der Waals surface area contributed by atoms with Crippen molar-refractivity contribution in [2.24, 2.45) is 0 Å². The van der Waals surface area contributed by atoms with Crippen molar-refractivity contribution in [3.8, 4) is 5.75 Å². The number of amides is 1. The number of aliphatic hydroxyl groups is 1. The Morgan fingerprint density at radius 3 is 2.81 bits per heavy atom. The molecule has 1 unspecified atom stereocenters. The molecule has 0 saturated carbocycles. The Morgan fingerprint density at radius 1 is 1.52 bits per heavy atom. The zero-order chi connectivity index (χ0) is 15.8. The van der Waals surface area contributed by atoms with Gasteiger partial charge in [0.15, 0.2) is 6.10 Å². The van der Waals surface area contributed by atoms with Crippen molar-refractivity contribution in [1.82, 2.24) is 5.32 Å². The smallest absolute Gasteiger partial charge is 0.270 e. The first kappa shape index (κ1) is 16.9. The monoisotopic (exact) mass is 296 g/mol. The number of aliphatic hydroxyl groups excluding tert-OH is 1. The van der Waals surface area contributed by atoms with Gasteiger partial charge in [-0.2, -0.15) is 0 Å². The van der Waals surface area contributed by atoms with Gasteiger partial charge in [-0.25, -0.2) is 0 Å². The number of benzene rings is 1. The van der Waals surface area contributed by atoms with E-state index in [0.29, 0.717) is 6.54 Å². The van der Waals surface area contributed by atoms with Gasteiger partial charge in [-0.15, -0.1) is 0 Å². The van der Waals surface area contributed by atoms with E-state index in [1.165, 1.54) is 18.2 Å². The third kappa shape index (κ3) is 5.03. The lowest BCUT2D eigenvalue weighted by molar-refractivity contribution is -0.385. The molecule has 0 aromatic heterocycles. The summed E-state index contributed by atoms with van der Waals surface area (Å²) in [7, 11) is 0. The standard InChI is InChI=1S/C14H20N2O5/c1-3-4-7-15-14(18)10(2)21-13-6-5-12(16(19)20)8-11(13)9-17/h5-6,8,10,17H,3-4,7,9H2,1-2H3,(H,15,18). The zero-order valence-corrected chi connectivity index (χ0v) is 12.2.